The van der Waals surface area contributed by atoms with Crippen molar-refractivity contribution >= 4 is 23.4 Å². The predicted molar refractivity (Wildman–Crippen MR) is 103 cm³/mol. The third-order valence-electron chi connectivity index (χ3n) is 4.12. The average Bonchev–Trinajstić information content (AvgIpc) is 3.14. The molecule has 0 saturated heterocycles. The van der Waals surface area contributed by atoms with Crippen LogP contribution in [0.4, 0.5) is 5.82 Å². The van der Waals surface area contributed by atoms with E-state index in [2.05, 4.69) is 15.2 Å². The number of nitrogen functional groups attached to an aromatic ring is 1. The molecule has 0 aliphatic heterocycles. The minimum Gasteiger partial charge on any atom is -0.384 e. The number of anilines is 1. The Morgan fingerprint density at radius 3 is 2.52 bits per heavy atom. The van der Waals surface area contributed by atoms with Crippen LogP contribution in [0.25, 0.3) is 11.4 Å². The molecule has 2 heterocycles. The first-order valence-corrected chi connectivity index (χ1v) is 8.93. The number of aromatic nitrogens is 5. The van der Waals surface area contributed by atoms with Gasteiger partial charge in [-0.3, -0.25) is 23.8 Å². The first-order chi connectivity index (χ1) is 12.8. The third-order valence-corrected chi connectivity index (χ3v) is 5.08. The highest BCUT2D eigenvalue weighted by molar-refractivity contribution is 8.00. The molecule has 1 atom stereocenters. The van der Waals surface area contributed by atoms with Crippen LogP contribution >= 0.6 is 11.8 Å². The van der Waals surface area contributed by atoms with Crippen molar-refractivity contribution in [3.63, 3.8) is 0 Å². The second-order valence-corrected chi connectivity index (χ2v) is 7.23. The van der Waals surface area contributed by atoms with Gasteiger partial charge in [0, 0.05) is 19.7 Å². The van der Waals surface area contributed by atoms with E-state index >= 15 is 0 Å². The topological polar surface area (TPSA) is 129 Å². The van der Waals surface area contributed by atoms with E-state index in [-0.39, 0.29) is 11.4 Å². The Bertz CT molecular complexity index is 1120. The monoisotopic (exact) mass is 386 g/mol. The second kappa shape index (κ2) is 7.23. The second-order valence-electron chi connectivity index (χ2n) is 5.92. The zero-order valence-electron chi connectivity index (χ0n) is 15.0. The van der Waals surface area contributed by atoms with Crippen LogP contribution in [0.3, 0.4) is 0 Å². The Kier molecular flexibility index (Phi) is 5.00. The van der Waals surface area contributed by atoms with Gasteiger partial charge in [-0.15, -0.1) is 5.10 Å². The maximum Gasteiger partial charge on any atom is 0.332 e. The van der Waals surface area contributed by atoms with Crippen molar-refractivity contribution in [1.82, 2.24) is 24.3 Å². The van der Waals surface area contributed by atoms with Crippen LogP contribution < -0.4 is 17.0 Å². The molecule has 0 radical (unpaired) electrons. The number of nitrogens with zero attached hydrogens (tertiary/aromatic N) is 4. The van der Waals surface area contributed by atoms with E-state index in [1.807, 2.05) is 30.3 Å². The summed E-state index contributed by atoms with van der Waals surface area (Å²) in [5.41, 5.74) is 5.20. The Labute approximate surface area is 158 Å². The number of H-pyrrole nitrogens is 1. The molecule has 3 rings (SSSR count). The van der Waals surface area contributed by atoms with Crippen LogP contribution in [0, 0.1) is 0 Å². The number of aromatic amines is 1. The van der Waals surface area contributed by atoms with E-state index < -0.39 is 22.3 Å². The first kappa shape index (κ1) is 18.6. The van der Waals surface area contributed by atoms with Crippen LogP contribution in [-0.2, 0) is 14.1 Å². The summed E-state index contributed by atoms with van der Waals surface area (Å²) in [5, 5.41) is 6.63. The largest absolute Gasteiger partial charge is 0.384 e. The van der Waals surface area contributed by atoms with E-state index in [0.717, 1.165) is 26.5 Å². The number of ketones is 1. The third kappa shape index (κ3) is 3.43. The number of Topliss-reactive ketones (excluding diaryl/α,β-unsaturated/α-hetero) is 1. The van der Waals surface area contributed by atoms with Crippen LogP contribution in [-0.4, -0.2) is 35.3 Å². The lowest BCUT2D eigenvalue weighted by atomic mass is 10.1. The van der Waals surface area contributed by atoms with Gasteiger partial charge in [0.05, 0.1) is 5.25 Å². The van der Waals surface area contributed by atoms with Gasteiger partial charge in [0.1, 0.15) is 11.4 Å². The molecule has 0 bridgehead atoms. The molecule has 0 aliphatic carbocycles. The van der Waals surface area contributed by atoms with E-state index in [0.29, 0.717) is 11.0 Å². The van der Waals surface area contributed by atoms with Crippen molar-refractivity contribution in [3.8, 4) is 11.4 Å². The number of hydrogen-bond acceptors (Lipinski definition) is 7. The normalized spacial score (nSPS) is 12.1. The summed E-state index contributed by atoms with van der Waals surface area (Å²) in [7, 11) is 2.72. The molecule has 0 amide bonds. The maximum absolute atomic E-state index is 12.8. The van der Waals surface area contributed by atoms with Crippen molar-refractivity contribution in [2.45, 2.75) is 17.3 Å². The molecule has 1 aromatic carbocycles. The molecular weight excluding hydrogens is 368 g/mol. The molecule has 10 heteroatoms. The summed E-state index contributed by atoms with van der Waals surface area (Å²) in [6.45, 7) is 1.63. The van der Waals surface area contributed by atoms with Gasteiger partial charge in [0.25, 0.3) is 5.56 Å². The summed E-state index contributed by atoms with van der Waals surface area (Å²) in [6, 6.07) is 9.44. The van der Waals surface area contributed by atoms with Gasteiger partial charge in [-0.2, -0.15) is 0 Å². The Morgan fingerprint density at radius 1 is 1.19 bits per heavy atom. The number of carbonyl (C=O) groups is 1. The van der Waals surface area contributed by atoms with Crippen molar-refractivity contribution in [2.75, 3.05) is 5.73 Å². The average molecular weight is 386 g/mol. The minimum absolute atomic E-state index is 0.152. The fourth-order valence-corrected chi connectivity index (χ4v) is 3.31. The number of nitrogens with two attached hydrogens (primary N) is 1. The molecule has 0 aliphatic rings. The summed E-state index contributed by atoms with van der Waals surface area (Å²) >= 11 is 1.10. The zero-order chi connectivity index (χ0) is 19.7. The highest BCUT2D eigenvalue weighted by Gasteiger charge is 2.26. The number of hydrogen-bond donors (Lipinski definition) is 2. The van der Waals surface area contributed by atoms with E-state index in [1.54, 1.807) is 6.92 Å². The lowest BCUT2D eigenvalue weighted by Gasteiger charge is -2.13. The van der Waals surface area contributed by atoms with E-state index in [1.165, 1.54) is 14.1 Å². The van der Waals surface area contributed by atoms with Crippen molar-refractivity contribution < 1.29 is 4.79 Å². The fourth-order valence-electron chi connectivity index (χ4n) is 2.53. The standard InChI is InChI=1S/C17H18N6O3S/c1-9(12(24)11-13(18)22(2)17(26)23(3)15(11)25)27-16-19-14(20-21-16)10-7-5-4-6-8-10/h4-9H,18H2,1-3H3,(H,19,20,21)/t9-/m1/s1. The van der Waals surface area contributed by atoms with Gasteiger partial charge in [0.15, 0.2) is 11.6 Å². The smallest absolute Gasteiger partial charge is 0.332 e. The van der Waals surface area contributed by atoms with Gasteiger partial charge < -0.3 is 5.73 Å². The quantitative estimate of drug-likeness (QED) is 0.490. The summed E-state index contributed by atoms with van der Waals surface area (Å²) < 4.78 is 1.94. The van der Waals surface area contributed by atoms with Crippen molar-refractivity contribution in [3.05, 3.63) is 56.7 Å². The molecule has 9 nitrogen and oxygen atoms in total. The number of nitrogens with one attached hydrogen (secondary N) is 1. The number of benzene rings is 1. The number of thioether (sulfide) groups is 1. The predicted octanol–water partition coefficient (Wildman–Crippen LogP) is 0.815. The molecule has 2 aromatic heterocycles. The lowest BCUT2D eigenvalue weighted by Crippen LogP contribution is -2.42. The van der Waals surface area contributed by atoms with E-state index in [4.69, 9.17) is 5.73 Å². The zero-order valence-corrected chi connectivity index (χ0v) is 15.8. The van der Waals surface area contributed by atoms with Gasteiger partial charge in [-0.05, 0) is 6.92 Å². The minimum atomic E-state index is -0.715. The van der Waals surface area contributed by atoms with Crippen molar-refractivity contribution in [1.29, 1.82) is 0 Å². The molecule has 140 valence electrons. The molecule has 0 saturated carbocycles. The maximum atomic E-state index is 12.8. The summed E-state index contributed by atoms with van der Waals surface area (Å²) in [5.74, 6) is -0.0597. The van der Waals surface area contributed by atoms with Gasteiger partial charge in [0.2, 0.25) is 5.16 Å². The van der Waals surface area contributed by atoms with Crippen LogP contribution in [0.2, 0.25) is 0 Å². The number of carbonyl (C=O) groups excluding carboxylic acids is 1. The van der Waals surface area contributed by atoms with Crippen molar-refractivity contribution in [2.24, 2.45) is 14.1 Å². The Morgan fingerprint density at radius 2 is 1.85 bits per heavy atom. The van der Waals surface area contributed by atoms with Gasteiger partial charge in [-0.1, -0.05) is 42.1 Å². The molecule has 0 fully saturated rings. The molecule has 3 N–H and O–H groups in total. The highest BCUT2D eigenvalue weighted by Crippen LogP contribution is 2.25. The summed E-state index contributed by atoms with van der Waals surface area (Å²) in [4.78, 5) is 41.4. The first-order valence-electron chi connectivity index (χ1n) is 8.05. The molecule has 0 spiro atoms. The summed E-state index contributed by atoms with van der Waals surface area (Å²) in [6.07, 6.45) is 0. The van der Waals surface area contributed by atoms with Gasteiger partial charge in [-0.25, -0.2) is 9.78 Å². The Balaban J connectivity index is 1.87. The molecule has 3 aromatic rings. The van der Waals surface area contributed by atoms with Crippen LogP contribution in [0.15, 0.2) is 45.1 Å². The van der Waals surface area contributed by atoms with E-state index in [9.17, 15) is 14.4 Å². The number of rotatable bonds is 5. The van der Waals surface area contributed by atoms with Crippen LogP contribution in [0.5, 0.6) is 0 Å². The fraction of sp³-hybridized carbons (Fsp3) is 0.235. The molecule has 27 heavy (non-hydrogen) atoms. The Hall–Kier alpha value is -3.14. The molecule has 0 unspecified atom stereocenters. The lowest BCUT2D eigenvalue weighted by molar-refractivity contribution is 0.0992. The highest BCUT2D eigenvalue weighted by atomic mass is 32.2. The van der Waals surface area contributed by atoms with Crippen LogP contribution in [0.1, 0.15) is 17.3 Å². The SMILES string of the molecule is C[C@@H](Sc1n[nH]c(-c2ccccc2)n1)C(=O)c1c(N)n(C)c(=O)n(C)c1=O. The molecular formula is C17H18N6O3S. The van der Waals surface area contributed by atoms with Gasteiger partial charge >= 0.3 is 5.69 Å².